The smallest absolute Gasteiger partial charge is 0.131 e. The van der Waals surface area contributed by atoms with Crippen LogP contribution in [0, 0.1) is 0 Å². The van der Waals surface area contributed by atoms with Crippen LogP contribution in [0.5, 0.6) is 11.5 Å². The second kappa shape index (κ2) is 13.5. The summed E-state index contributed by atoms with van der Waals surface area (Å²) in [5.74, 6) is 2.29. The van der Waals surface area contributed by atoms with Crippen LogP contribution >= 0.6 is 0 Å². The predicted molar refractivity (Wildman–Crippen MR) is 213 cm³/mol. The molecule has 0 aromatic heterocycles. The molecule has 0 fully saturated rings. The van der Waals surface area contributed by atoms with Crippen molar-refractivity contribution in [3.05, 3.63) is 178 Å². The van der Waals surface area contributed by atoms with E-state index in [1.54, 1.807) is 0 Å². The van der Waals surface area contributed by atoms with Crippen molar-refractivity contribution in [3.63, 3.8) is 0 Å². The maximum absolute atomic E-state index is 6.43. The highest BCUT2D eigenvalue weighted by Gasteiger charge is 2.41. The van der Waals surface area contributed by atoms with Gasteiger partial charge in [0.25, 0.3) is 0 Å². The van der Waals surface area contributed by atoms with Crippen LogP contribution in [0.1, 0.15) is 50.7 Å². The Bertz CT molecular complexity index is 2090. The number of hydrogen-bond acceptors (Lipinski definition) is 2. The van der Waals surface area contributed by atoms with Gasteiger partial charge in [-0.25, -0.2) is 0 Å². The Morgan fingerprint density at radius 2 is 0.980 bits per heavy atom. The molecule has 0 spiro atoms. The Morgan fingerprint density at radius 3 is 1.42 bits per heavy atom. The molecule has 249 valence electrons. The molecule has 4 unspecified atom stereocenters. The molecule has 3 heteroatoms. The summed E-state index contributed by atoms with van der Waals surface area (Å²) < 4.78 is 12.9. The molecule has 50 heavy (non-hydrogen) atoms. The number of rotatable bonds is 8. The second-order valence-electron chi connectivity index (χ2n) is 13.9. The first kappa shape index (κ1) is 32.3. The van der Waals surface area contributed by atoms with E-state index in [-0.39, 0.29) is 11.8 Å². The summed E-state index contributed by atoms with van der Waals surface area (Å²) in [6.07, 6.45) is 23.5. The minimum atomic E-state index is -1.00. The summed E-state index contributed by atoms with van der Waals surface area (Å²) in [5, 5.41) is 4.80. The van der Waals surface area contributed by atoms with Gasteiger partial charge in [0.2, 0.25) is 0 Å². The minimum absolute atomic E-state index is 0.132. The van der Waals surface area contributed by atoms with Gasteiger partial charge in [0.15, 0.2) is 0 Å². The molecule has 4 aliphatic rings. The number of ether oxygens (including phenoxy) is 2. The van der Waals surface area contributed by atoms with Crippen LogP contribution in [0.4, 0.5) is 0 Å². The van der Waals surface area contributed by atoms with Crippen LogP contribution in [0.15, 0.2) is 167 Å². The van der Waals surface area contributed by atoms with Crippen molar-refractivity contribution >= 4 is 30.3 Å². The molecule has 0 saturated carbocycles. The lowest BCUT2D eigenvalue weighted by Crippen LogP contribution is -2.26. The SMILES string of the molecule is CCOc1c(C2C=CC=CC3=C2C=C(C)C3[Si](C)C2C(C)=CC3=C2C=CC=CC3c2ccc3ccccc3c2OCC)ccc2ccccc12. The first-order valence-corrected chi connectivity index (χ1v) is 20.3. The molecule has 2 nitrogen and oxygen atoms in total. The first-order chi connectivity index (χ1) is 24.5. The lowest BCUT2D eigenvalue weighted by atomic mass is 9.87. The maximum atomic E-state index is 6.43. The van der Waals surface area contributed by atoms with Crippen molar-refractivity contribution in [1.29, 1.82) is 0 Å². The van der Waals surface area contributed by atoms with Crippen molar-refractivity contribution < 1.29 is 9.47 Å². The fourth-order valence-corrected chi connectivity index (χ4v) is 12.4. The van der Waals surface area contributed by atoms with Crippen molar-refractivity contribution in [1.82, 2.24) is 0 Å². The van der Waals surface area contributed by atoms with Gasteiger partial charge in [-0.05, 0) is 71.8 Å². The molecule has 4 atom stereocenters. The lowest BCUT2D eigenvalue weighted by Gasteiger charge is -2.30. The highest BCUT2D eigenvalue weighted by molar-refractivity contribution is 6.64. The number of benzene rings is 4. The molecular weight excluding hydrogens is 625 g/mol. The second-order valence-corrected chi connectivity index (χ2v) is 16.6. The average Bonchev–Trinajstić information content (AvgIpc) is 3.45. The topological polar surface area (TPSA) is 18.5 Å². The zero-order valence-corrected chi connectivity index (χ0v) is 30.7. The zero-order valence-electron chi connectivity index (χ0n) is 29.7. The Balaban J connectivity index is 1.19. The van der Waals surface area contributed by atoms with Gasteiger partial charge < -0.3 is 9.47 Å². The highest BCUT2D eigenvalue weighted by atomic mass is 28.3. The molecule has 1 radical (unpaired) electrons. The van der Waals surface area contributed by atoms with Crippen molar-refractivity contribution in [2.75, 3.05) is 13.2 Å². The van der Waals surface area contributed by atoms with Gasteiger partial charge in [0.1, 0.15) is 11.5 Å². The molecule has 0 amide bonds. The Kier molecular flexibility index (Phi) is 8.70. The van der Waals surface area contributed by atoms with Crippen LogP contribution in [-0.4, -0.2) is 22.0 Å². The fraction of sp³-hybridized carbons (Fsp3) is 0.234. The van der Waals surface area contributed by atoms with Crippen molar-refractivity contribution in [2.24, 2.45) is 0 Å². The fourth-order valence-electron chi connectivity index (χ4n) is 8.99. The van der Waals surface area contributed by atoms with E-state index in [9.17, 15) is 0 Å². The summed E-state index contributed by atoms with van der Waals surface area (Å²) in [5.41, 5.74) is 12.1. The van der Waals surface area contributed by atoms with Gasteiger partial charge in [-0.3, -0.25) is 0 Å². The molecule has 0 aliphatic heterocycles. The molecule has 8 rings (SSSR count). The van der Waals surface area contributed by atoms with E-state index < -0.39 is 8.80 Å². The summed E-state index contributed by atoms with van der Waals surface area (Å²) in [4.78, 5) is 0. The zero-order chi connectivity index (χ0) is 34.4. The maximum Gasteiger partial charge on any atom is 0.131 e. The van der Waals surface area contributed by atoms with Gasteiger partial charge in [0.05, 0.1) is 22.0 Å². The van der Waals surface area contributed by atoms with Gasteiger partial charge in [-0.2, -0.15) is 0 Å². The van der Waals surface area contributed by atoms with Crippen LogP contribution < -0.4 is 9.47 Å². The van der Waals surface area contributed by atoms with Gasteiger partial charge >= 0.3 is 0 Å². The van der Waals surface area contributed by atoms with E-state index in [2.05, 4.69) is 168 Å². The Hall–Kier alpha value is -4.86. The number of fused-ring (bicyclic) bond motifs is 2. The lowest BCUT2D eigenvalue weighted by molar-refractivity contribution is 0.340. The third-order valence-electron chi connectivity index (χ3n) is 11.0. The van der Waals surface area contributed by atoms with Gasteiger partial charge in [-0.1, -0.05) is 151 Å². The molecule has 0 bridgehead atoms. The van der Waals surface area contributed by atoms with Gasteiger partial charge in [-0.15, -0.1) is 0 Å². The molecular formula is C47H45O2Si. The molecule has 0 heterocycles. The minimum Gasteiger partial charge on any atom is -0.493 e. The number of hydrogen-bond donors (Lipinski definition) is 0. The quantitative estimate of drug-likeness (QED) is 0.174. The van der Waals surface area contributed by atoms with Crippen LogP contribution in [0.25, 0.3) is 21.5 Å². The first-order valence-electron chi connectivity index (χ1n) is 18.2. The van der Waals surface area contributed by atoms with Crippen LogP contribution in [0.3, 0.4) is 0 Å². The third kappa shape index (κ3) is 5.40. The molecule has 0 saturated heterocycles. The van der Waals surface area contributed by atoms with E-state index in [1.165, 1.54) is 66.1 Å². The predicted octanol–water partition coefficient (Wildman–Crippen LogP) is 12.3. The largest absolute Gasteiger partial charge is 0.493 e. The molecule has 0 N–H and O–H groups in total. The summed E-state index contributed by atoms with van der Waals surface area (Å²) in [7, 11) is -1.00. The van der Waals surface area contributed by atoms with Crippen LogP contribution in [-0.2, 0) is 0 Å². The Morgan fingerprint density at radius 1 is 0.540 bits per heavy atom. The van der Waals surface area contributed by atoms with E-state index in [0.29, 0.717) is 24.3 Å². The van der Waals surface area contributed by atoms with E-state index in [1.807, 2.05) is 0 Å². The summed E-state index contributed by atoms with van der Waals surface area (Å²) >= 11 is 0. The van der Waals surface area contributed by atoms with Crippen LogP contribution in [0.2, 0.25) is 17.6 Å². The van der Waals surface area contributed by atoms with E-state index >= 15 is 0 Å². The Labute approximate surface area is 298 Å². The van der Waals surface area contributed by atoms with Crippen molar-refractivity contribution in [2.45, 2.75) is 57.2 Å². The summed E-state index contributed by atoms with van der Waals surface area (Å²) in [6, 6.07) is 26.3. The standard InChI is InChI=1S/C47H45O2Si/c1-6-48-44-34-18-10-8-16-32(34)24-26-38(44)36-20-12-14-22-40-42(36)28-30(3)46(40)50(5)47-31(4)29-43-37(21-13-15-23-41(43)47)39-27-25-33-17-9-11-19-35(33)45(39)49-7-2/h8-29,36-37,46-47H,6-7H2,1-5H3. The molecule has 4 aromatic carbocycles. The molecule has 4 aromatic rings. The van der Waals surface area contributed by atoms with Crippen molar-refractivity contribution in [3.8, 4) is 11.5 Å². The van der Waals surface area contributed by atoms with E-state index in [0.717, 1.165) is 11.5 Å². The third-order valence-corrected chi connectivity index (χ3v) is 14.3. The monoisotopic (exact) mass is 669 g/mol. The normalized spacial score (nSPS) is 22.6. The van der Waals surface area contributed by atoms with E-state index in [4.69, 9.17) is 9.47 Å². The number of allylic oxidation sites excluding steroid dienone is 16. The average molecular weight is 670 g/mol. The van der Waals surface area contributed by atoms with Gasteiger partial charge in [0, 0.05) is 33.7 Å². The molecule has 4 aliphatic carbocycles. The highest BCUT2D eigenvalue weighted by Crippen LogP contribution is 2.55. The summed E-state index contributed by atoms with van der Waals surface area (Å²) in [6.45, 7) is 12.8.